The van der Waals surface area contributed by atoms with Crippen LogP contribution in [0.1, 0.15) is 11.1 Å². The highest BCUT2D eigenvalue weighted by molar-refractivity contribution is 5.92. The van der Waals surface area contributed by atoms with Crippen molar-refractivity contribution in [1.82, 2.24) is 14.6 Å². The van der Waals surface area contributed by atoms with Crippen LogP contribution in [0.25, 0.3) is 27.9 Å². The Morgan fingerprint density at radius 1 is 0.767 bits per heavy atom. The van der Waals surface area contributed by atoms with Crippen LogP contribution in [0.15, 0.2) is 102 Å². The van der Waals surface area contributed by atoms with Crippen LogP contribution in [0.4, 0.5) is 5.95 Å². The highest BCUT2D eigenvalue weighted by atomic mass is 15.3. The number of aromatic nitrogens is 3. The van der Waals surface area contributed by atoms with Crippen molar-refractivity contribution in [3.8, 4) is 22.4 Å². The molecule has 30 heavy (non-hydrogen) atoms. The summed E-state index contributed by atoms with van der Waals surface area (Å²) in [5.41, 5.74) is 7.31. The minimum Gasteiger partial charge on any atom is -0.219 e. The number of imidazole rings is 1. The van der Waals surface area contributed by atoms with Crippen LogP contribution in [0.3, 0.4) is 0 Å². The second-order valence-electron chi connectivity index (χ2n) is 7.17. The fraction of sp³-hybridized carbons (Fsp3) is 0.0385. The first-order chi connectivity index (χ1) is 14.8. The molecule has 0 saturated carbocycles. The predicted octanol–water partition coefficient (Wildman–Crippen LogP) is 6.12. The molecule has 0 atom stereocenters. The first-order valence-corrected chi connectivity index (χ1v) is 9.89. The summed E-state index contributed by atoms with van der Waals surface area (Å²) in [5, 5.41) is 4.58. The van der Waals surface area contributed by atoms with Crippen molar-refractivity contribution in [3.63, 3.8) is 0 Å². The quantitative estimate of drug-likeness (QED) is 0.348. The molecule has 0 aliphatic heterocycles. The molecule has 2 heterocycles. The maximum Gasteiger partial charge on any atom is 0.251 e. The van der Waals surface area contributed by atoms with Gasteiger partial charge < -0.3 is 0 Å². The summed E-state index contributed by atoms with van der Waals surface area (Å²) in [6, 6.07) is 30.8. The third-order valence-corrected chi connectivity index (χ3v) is 5.05. The average molecular weight is 388 g/mol. The lowest BCUT2D eigenvalue weighted by Crippen LogP contribution is -1.93. The third-order valence-electron chi connectivity index (χ3n) is 5.05. The zero-order valence-corrected chi connectivity index (χ0v) is 16.6. The Kier molecular flexibility index (Phi) is 4.66. The molecule has 0 saturated heterocycles. The SMILES string of the molecule is Cc1ccc(C=Nc2nc(-c3ccccc3)c3c(-c4ccccc4)ccnn23)cc1. The number of aryl methyl sites for hydroxylation is 1. The molecular weight excluding hydrogens is 368 g/mol. The van der Waals surface area contributed by atoms with Crippen LogP contribution in [-0.2, 0) is 0 Å². The van der Waals surface area contributed by atoms with Crippen molar-refractivity contribution in [2.24, 2.45) is 4.99 Å². The molecule has 0 amide bonds. The number of benzene rings is 3. The van der Waals surface area contributed by atoms with E-state index in [9.17, 15) is 0 Å². The number of nitrogens with zero attached hydrogens (tertiary/aromatic N) is 4. The lowest BCUT2D eigenvalue weighted by Gasteiger charge is -2.06. The number of rotatable bonds is 4. The van der Waals surface area contributed by atoms with Gasteiger partial charge in [-0.3, -0.25) is 0 Å². The molecule has 0 unspecified atom stereocenters. The molecule has 0 aliphatic rings. The van der Waals surface area contributed by atoms with Crippen molar-refractivity contribution >= 4 is 17.7 Å². The van der Waals surface area contributed by atoms with E-state index in [1.807, 2.05) is 53.2 Å². The van der Waals surface area contributed by atoms with Crippen LogP contribution >= 0.6 is 0 Å². The predicted molar refractivity (Wildman–Crippen MR) is 122 cm³/mol. The van der Waals surface area contributed by atoms with Crippen LogP contribution in [0, 0.1) is 6.92 Å². The van der Waals surface area contributed by atoms with Gasteiger partial charge in [0.2, 0.25) is 0 Å². The summed E-state index contributed by atoms with van der Waals surface area (Å²) in [4.78, 5) is 9.56. The normalized spacial score (nSPS) is 11.4. The van der Waals surface area contributed by atoms with Crippen LogP contribution in [0.2, 0.25) is 0 Å². The first kappa shape index (κ1) is 18.0. The Morgan fingerprint density at radius 3 is 2.13 bits per heavy atom. The molecule has 2 aromatic heterocycles. The Balaban J connectivity index is 1.72. The Hall–Kier alpha value is -4.05. The van der Waals surface area contributed by atoms with Crippen LogP contribution in [0.5, 0.6) is 0 Å². The zero-order valence-electron chi connectivity index (χ0n) is 16.6. The van der Waals surface area contributed by atoms with Gasteiger partial charge in [0.25, 0.3) is 5.95 Å². The molecule has 4 nitrogen and oxygen atoms in total. The van der Waals surface area contributed by atoms with Crippen LogP contribution < -0.4 is 0 Å². The molecule has 0 bridgehead atoms. The summed E-state index contributed by atoms with van der Waals surface area (Å²) in [6.45, 7) is 2.07. The fourth-order valence-corrected chi connectivity index (χ4v) is 3.52. The number of hydrogen-bond donors (Lipinski definition) is 0. The Bertz CT molecular complexity index is 1320. The molecule has 144 valence electrons. The molecule has 5 rings (SSSR count). The van der Waals surface area contributed by atoms with Crippen molar-refractivity contribution < 1.29 is 0 Å². The molecule has 0 aliphatic carbocycles. The van der Waals surface area contributed by atoms with E-state index in [2.05, 4.69) is 65.5 Å². The molecular formula is C26H20N4. The average Bonchev–Trinajstić information content (AvgIpc) is 3.19. The topological polar surface area (TPSA) is 42.5 Å². The van der Waals surface area contributed by atoms with Gasteiger partial charge in [-0.25, -0.2) is 9.98 Å². The Morgan fingerprint density at radius 2 is 1.43 bits per heavy atom. The standard InChI is InChI=1S/C26H20N4/c1-19-12-14-20(15-13-19)18-27-26-29-24(22-10-6-3-7-11-22)25-23(16-17-28-30(25)26)21-8-4-2-5-9-21/h2-18H,1H3. The van der Waals surface area contributed by atoms with Gasteiger partial charge in [-0.15, -0.1) is 0 Å². The fourth-order valence-electron chi connectivity index (χ4n) is 3.52. The summed E-state index contributed by atoms with van der Waals surface area (Å²) < 4.78 is 1.83. The molecule has 0 fully saturated rings. The van der Waals surface area contributed by atoms with Crippen molar-refractivity contribution in [3.05, 3.63) is 108 Å². The van der Waals surface area contributed by atoms with Gasteiger partial charge in [0.15, 0.2) is 0 Å². The van der Waals surface area contributed by atoms with Gasteiger partial charge in [-0.2, -0.15) is 9.61 Å². The zero-order chi connectivity index (χ0) is 20.3. The van der Waals surface area contributed by atoms with E-state index in [1.165, 1.54) is 5.56 Å². The smallest absolute Gasteiger partial charge is 0.219 e. The minimum absolute atomic E-state index is 0.558. The van der Waals surface area contributed by atoms with E-state index in [1.54, 1.807) is 6.20 Å². The molecule has 4 heteroatoms. The summed E-state index contributed by atoms with van der Waals surface area (Å²) in [7, 11) is 0. The van der Waals surface area contributed by atoms with Gasteiger partial charge in [-0.1, -0.05) is 90.5 Å². The number of aliphatic imine (C=N–C) groups is 1. The minimum atomic E-state index is 0.558. The van der Waals surface area contributed by atoms with E-state index >= 15 is 0 Å². The summed E-state index contributed by atoms with van der Waals surface area (Å²) in [5.74, 6) is 0.558. The summed E-state index contributed by atoms with van der Waals surface area (Å²) in [6.07, 6.45) is 3.64. The molecule has 0 radical (unpaired) electrons. The highest BCUT2D eigenvalue weighted by Gasteiger charge is 2.17. The third kappa shape index (κ3) is 3.40. The van der Waals surface area contributed by atoms with E-state index in [4.69, 9.17) is 4.98 Å². The monoisotopic (exact) mass is 388 g/mol. The van der Waals surface area contributed by atoms with Crippen molar-refractivity contribution in [2.45, 2.75) is 6.92 Å². The van der Waals surface area contributed by atoms with Crippen LogP contribution in [-0.4, -0.2) is 20.8 Å². The van der Waals surface area contributed by atoms with E-state index in [0.717, 1.165) is 33.5 Å². The second kappa shape index (κ2) is 7.76. The van der Waals surface area contributed by atoms with Gasteiger partial charge in [0.1, 0.15) is 11.2 Å². The molecule has 5 aromatic rings. The lowest BCUT2D eigenvalue weighted by atomic mass is 10.0. The largest absolute Gasteiger partial charge is 0.251 e. The Labute approximate surface area is 175 Å². The van der Waals surface area contributed by atoms with Gasteiger partial charge in [-0.05, 0) is 24.1 Å². The van der Waals surface area contributed by atoms with E-state index in [0.29, 0.717) is 5.95 Å². The lowest BCUT2D eigenvalue weighted by molar-refractivity contribution is 0.926. The maximum atomic E-state index is 4.88. The molecule has 0 spiro atoms. The van der Waals surface area contributed by atoms with Gasteiger partial charge >= 0.3 is 0 Å². The van der Waals surface area contributed by atoms with Gasteiger partial charge in [0.05, 0.1) is 0 Å². The highest BCUT2D eigenvalue weighted by Crippen LogP contribution is 2.34. The number of hydrogen-bond acceptors (Lipinski definition) is 3. The second-order valence-corrected chi connectivity index (χ2v) is 7.17. The molecule has 0 N–H and O–H groups in total. The summed E-state index contributed by atoms with van der Waals surface area (Å²) >= 11 is 0. The number of fused-ring (bicyclic) bond motifs is 1. The van der Waals surface area contributed by atoms with Crippen molar-refractivity contribution in [2.75, 3.05) is 0 Å². The maximum absolute atomic E-state index is 4.88. The molecule has 3 aromatic carbocycles. The van der Waals surface area contributed by atoms with E-state index < -0.39 is 0 Å². The van der Waals surface area contributed by atoms with Crippen molar-refractivity contribution in [1.29, 1.82) is 0 Å². The van der Waals surface area contributed by atoms with E-state index in [-0.39, 0.29) is 0 Å². The first-order valence-electron chi connectivity index (χ1n) is 9.89. The van der Waals surface area contributed by atoms with Gasteiger partial charge in [0, 0.05) is 23.5 Å².